The highest BCUT2D eigenvalue weighted by atomic mass is 32.1. The van der Waals surface area contributed by atoms with Crippen molar-refractivity contribution in [3.05, 3.63) is 285 Å². The molecule has 0 unspecified atom stereocenters. The first kappa shape index (κ1) is 46.2. The Hall–Kier alpha value is -9.94. The Balaban J connectivity index is 1.07. The zero-order valence-electron chi connectivity index (χ0n) is 44.0. The third kappa shape index (κ3) is 7.14. The van der Waals surface area contributed by atoms with E-state index in [-0.39, 0.29) is 6.71 Å². The van der Waals surface area contributed by atoms with Crippen LogP contribution in [-0.2, 0) is 0 Å². The van der Waals surface area contributed by atoms with E-state index in [9.17, 15) is 0 Å². The normalized spacial score (nSPS) is 12.7. The summed E-state index contributed by atoms with van der Waals surface area (Å²) in [5, 5.41) is 5.02. The van der Waals surface area contributed by atoms with Crippen LogP contribution in [0.1, 0.15) is 11.3 Å². The van der Waals surface area contributed by atoms with Crippen LogP contribution in [0, 0.1) is 6.92 Å². The summed E-state index contributed by atoms with van der Waals surface area (Å²) >= 11 is 1.95. The van der Waals surface area contributed by atoms with Crippen molar-refractivity contribution in [2.45, 2.75) is 6.92 Å². The first-order valence-electron chi connectivity index (χ1n) is 27.5. The topological polar surface area (TPSA) is 10.9 Å². The molecule has 14 aromatic rings. The van der Waals surface area contributed by atoms with Gasteiger partial charge in [-0.1, -0.05) is 219 Å². The fourth-order valence-electron chi connectivity index (χ4n) is 13.3. The van der Waals surface area contributed by atoms with Gasteiger partial charge in [0.2, 0.25) is 0 Å². The Morgan fingerprint density at radius 2 is 0.875 bits per heavy atom. The van der Waals surface area contributed by atoms with Crippen LogP contribution in [0.5, 0.6) is 0 Å². The third-order valence-electron chi connectivity index (χ3n) is 16.8. The van der Waals surface area contributed by atoms with Crippen LogP contribution in [-0.4, -0.2) is 11.1 Å². The van der Waals surface area contributed by atoms with Crippen molar-refractivity contribution >= 4 is 111 Å². The van der Waals surface area contributed by atoms with Crippen molar-refractivity contribution in [2.75, 3.05) is 9.80 Å². The van der Waals surface area contributed by atoms with Gasteiger partial charge < -0.3 is 14.2 Å². The van der Waals surface area contributed by atoms with Gasteiger partial charge in [-0.3, -0.25) is 0 Å². The highest BCUT2D eigenvalue weighted by Gasteiger charge is 2.46. The van der Waals surface area contributed by atoms with E-state index < -0.39 is 0 Å². The first-order valence-corrected chi connectivity index (χ1v) is 28.4. The Morgan fingerprint density at radius 3 is 1.41 bits per heavy atom. The minimum absolute atomic E-state index is 0.104. The molecule has 0 aliphatic carbocycles. The van der Waals surface area contributed by atoms with Crippen molar-refractivity contribution in [2.24, 2.45) is 0 Å². The average Bonchev–Trinajstić information content (AvgIpc) is 4.34. The smallest absolute Gasteiger partial charge is 0.264 e. The summed E-state index contributed by atoms with van der Waals surface area (Å²) < 4.78 is 5.13. The van der Waals surface area contributed by atoms with Crippen molar-refractivity contribution in [3.8, 4) is 55.6 Å². The maximum absolute atomic E-state index is 4.05. The lowest BCUT2D eigenvalue weighted by Gasteiger charge is -2.44. The summed E-state index contributed by atoms with van der Waals surface area (Å²) in [5.74, 6) is 0. The van der Waals surface area contributed by atoms with E-state index >= 15 is 0 Å². The number of rotatable bonds is 9. The lowest BCUT2D eigenvalue weighted by atomic mass is 9.36. The van der Waals surface area contributed by atoms with Gasteiger partial charge in [0.15, 0.2) is 0 Å². The molecule has 0 saturated carbocycles. The molecule has 3 nitrogen and oxygen atoms in total. The summed E-state index contributed by atoms with van der Waals surface area (Å²) in [5.41, 5.74) is 26.1. The molecular formula is C75H50BN3S. The monoisotopic (exact) mass is 1040 g/mol. The van der Waals surface area contributed by atoms with Crippen LogP contribution in [0.2, 0.25) is 0 Å². The second kappa shape index (κ2) is 18.3. The van der Waals surface area contributed by atoms with E-state index in [0.717, 1.165) is 39.3 Å². The Kier molecular flexibility index (Phi) is 10.6. The Bertz CT molecular complexity index is 4680. The van der Waals surface area contributed by atoms with E-state index in [4.69, 9.17) is 0 Å². The van der Waals surface area contributed by atoms with Gasteiger partial charge in [0, 0.05) is 70.7 Å². The quantitative estimate of drug-likeness (QED) is 0.105. The van der Waals surface area contributed by atoms with Crippen LogP contribution >= 0.6 is 11.3 Å². The molecule has 5 heteroatoms. The minimum atomic E-state index is -0.104. The summed E-state index contributed by atoms with van der Waals surface area (Å²) in [7, 11) is 0. The van der Waals surface area contributed by atoms with Crippen LogP contribution < -0.4 is 25.5 Å². The van der Waals surface area contributed by atoms with Crippen LogP contribution in [0.25, 0.3) is 99.0 Å². The largest absolute Gasteiger partial charge is 0.312 e. The highest BCUT2D eigenvalue weighted by Crippen LogP contribution is 2.52. The molecule has 80 heavy (non-hydrogen) atoms. The maximum atomic E-state index is 4.05. The molecule has 0 atom stereocenters. The van der Waals surface area contributed by atoms with E-state index in [1.165, 1.54) is 115 Å². The fourth-order valence-corrected chi connectivity index (χ4v) is 14.6. The zero-order chi connectivity index (χ0) is 53.0. The number of aryl methyl sites for hydroxylation is 1. The third-order valence-corrected chi connectivity index (χ3v) is 18.0. The zero-order valence-corrected chi connectivity index (χ0v) is 44.8. The molecule has 0 saturated heterocycles. The van der Waals surface area contributed by atoms with Gasteiger partial charge in [-0.25, -0.2) is 0 Å². The number of nitrogens with zero attached hydrogens (tertiary/aromatic N) is 3. The van der Waals surface area contributed by atoms with Gasteiger partial charge in [-0.2, -0.15) is 0 Å². The molecule has 0 N–H and O–H groups in total. The molecule has 374 valence electrons. The summed E-state index contributed by atoms with van der Waals surface area (Å²) in [6.07, 6.45) is 6.16. The molecule has 2 aliphatic rings. The lowest BCUT2D eigenvalue weighted by molar-refractivity contribution is 1.17. The van der Waals surface area contributed by atoms with Gasteiger partial charge >= 0.3 is 0 Å². The molecule has 5 heterocycles. The molecule has 2 aliphatic heterocycles. The Labute approximate surface area is 470 Å². The Morgan fingerprint density at radius 1 is 0.412 bits per heavy atom. The van der Waals surface area contributed by atoms with Gasteiger partial charge in [-0.05, 0) is 134 Å². The number of hydrogen-bond acceptors (Lipinski definition) is 3. The van der Waals surface area contributed by atoms with E-state index in [2.05, 4.69) is 295 Å². The first-order chi connectivity index (χ1) is 39.6. The summed E-state index contributed by atoms with van der Waals surface area (Å²) in [4.78, 5) is 5.26. The van der Waals surface area contributed by atoms with Crippen molar-refractivity contribution in [3.63, 3.8) is 0 Å². The van der Waals surface area contributed by atoms with Crippen molar-refractivity contribution in [1.82, 2.24) is 4.40 Å². The summed E-state index contributed by atoms with van der Waals surface area (Å²) in [6, 6.07) is 95.0. The molecule has 3 aromatic heterocycles. The molecule has 16 rings (SSSR count). The number of para-hydroxylation sites is 1. The van der Waals surface area contributed by atoms with Gasteiger partial charge in [-0.15, -0.1) is 11.3 Å². The predicted octanol–water partition coefficient (Wildman–Crippen LogP) is 18.8. The van der Waals surface area contributed by atoms with Gasteiger partial charge in [0.05, 0.1) is 16.7 Å². The molecule has 11 aromatic carbocycles. The molecule has 0 amide bonds. The predicted molar refractivity (Wildman–Crippen MR) is 344 cm³/mol. The maximum Gasteiger partial charge on any atom is 0.264 e. The average molecular weight is 1040 g/mol. The summed E-state index contributed by atoms with van der Waals surface area (Å²) in [6.45, 7) is 6.22. The van der Waals surface area contributed by atoms with Crippen LogP contribution in [0.3, 0.4) is 0 Å². The van der Waals surface area contributed by atoms with Gasteiger partial charge in [0.25, 0.3) is 6.71 Å². The van der Waals surface area contributed by atoms with E-state index in [0.29, 0.717) is 0 Å². The molecule has 0 radical (unpaired) electrons. The number of hydrogen-bond donors (Lipinski definition) is 0. The van der Waals surface area contributed by atoms with Crippen LogP contribution in [0.15, 0.2) is 274 Å². The number of anilines is 6. The van der Waals surface area contributed by atoms with Crippen molar-refractivity contribution < 1.29 is 0 Å². The van der Waals surface area contributed by atoms with E-state index in [1.807, 2.05) is 17.4 Å². The molecular weight excluding hydrogens is 986 g/mol. The lowest BCUT2D eigenvalue weighted by Crippen LogP contribution is -2.60. The highest BCUT2D eigenvalue weighted by molar-refractivity contribution is 7.33. The van der Waals surface area contributed by atoms with Crippen molar-refractivity contribution in [1.29, 1.82) is 0 Å². The van der Waals surface area contributed by atoms with E-state index in [1.54, 1.807) is 0 Å². The number of thiophene rings is 1. The fraction of sp³-hybridized carbons (Fsp3) is 0.0133. The minimum Gasteiger partial charge on any atom is -0.312 e. The molecule has 0 spiro atoms. The second-order valence-corrected chi connectivity index (χ2v) is 22.4. The molecule has 0 fully saturated rings. The number of benzene rings is 11. The van der Waals surface area contributed by atoms with Crippen LogP contribution in [0.4, 0.5) is 34.1 Å². The standard InChI is InChI=1S/C75H50BN3S/c1-3-4-33-61-48(2)77-67-47-68-66(46-65(67)63-36-22-35-62(61)73(63)77)76-72-69(78(68)59-40-54(49-23-10-5-11-24-49)38-55(41-59)50-25-12-6-13-26-50)44-58(53-31-18-9-19-32-53)45-70(72)79(74-64-34-20-21-37-71(64)80-75(74)76)60-42-56(51-27-14-7-15-28-51)39-57(43-60)52-29-16-8-17-30-52/h3-47H,1H2,2H3/b33-4-. The number of fused-ring (bicyclic) bond motifs is 9. The van der Waals surface area contributed by atoms with Gasteiger partial charge in [0.1, 0.15) is 0 Å². The SMILES string of the molecule is C=C/C=C\c1c(C)n2c3cc4c(cc3c3cccc1c32)B1c2sc3ccccc3c2N(c2cc(-c3ccccc3)cc(-c3ccccc3)c2)c2cc(-c3ccccc3)cc(c21)N4c1cc(-c2ccccc2)cc(-c2ccccc2)c1. The number of aromatic nitrogens is 1. The second-order valence-electron chi connectivity index (χ2n) is 21.3. The molecule has 0 bridgehead atoms. The number of allylic oxidation sites excluding steroid dienone is 2.